The highest BCUT2D eigenvalue weighted by molar-refractivity contribution is 5.79. The van der Waals surface area contributed by atoms with E-state index in [0.717, 1.165) is 31.0 Å². The van der Waals surface area contributed by atoms with Gasteiger partial charge in [0.2, 0.25) is 5.91 Å². The molecule has 19 heavy (non-hydrogen) atoms. The van der Waals surface area contributed by atoms with Crippen molar-refractivity contribution < 1.29 is 14.3 Å². The van der Waals surface area contributed by atoms with Gasteiger partial charge in [0.1, 0.15) is 18.1 Å². The van der Waals surface area contributed by atoms with E-state index in [1.54, 1.807) is 7.11 Å². The zero-order valence-corrected chi connectivity index (χ0v) is 11.1. The van der Waals surface area contributed by atoms with Crippen LogP contribution in [0, 0.1) is 5.92 Å². The fourth-order valence-corrected chi connectivity index (χ4v) is 2.06. The van der Waals surface area contributed by atoms with Crippen LogP contribution in [0.5, 0.6) is 11.5 Å². The Morgan fingerprint density at radius 2 is 2.32 bits per heavy atom. The van der Waals surface area contributed by atoms with E-state index in [0.29, 0.717) is 13.2 Å². The van der Waals surface area contributed by atoms with Crippen molar-refractivity contribution >= 4 is 5.91 Å². The van der Waals surface area contributed by atoms with Crippen LogP contribution >= 0.6 is 0 Å². The van der Waals surface area contributed by atoms with Crippen molar-refractivity contribution in [2.45, 2.75) is 6.42 Å². The van der Waals surface area contributed by atoms with E-state index in [-0.39, 0.29) is 11.8 Å². The van der Waals surface area contributed by atoms with Gasteiger partial charge in [-0.25, -0.2) is 0 Å². The quantitative estimate of drug-likeness (QED) is 0.746. The first kappa shape index (κ1) is 13.7. The van der Waals surface area contributed by atoms with Gasteiger partial charge in [-0.3, -0.25) is 4.79 Å². The molecule has 0 aromatic heterocycles. The molecule has 2 N–H and O–H groups in total. The minimum Gasteiger partial charge on any atom is -0.497 e. The Kier molecular flexibility index (Phi) is 5.03. The van der Waals surface area contributed by atoms with Crippen LogP contribution in [0.1, 0.15) is 6.42 Å². The zero-order valence-electron chi connectivity index (χ0n) is 11.1. The highest BCUT2D eigenvalue weighted by atomic mass is 16.5. The Morgan fingerprint density at radius 1 is 1.47 bits per heavy atom. The molecular weight excluding hydrogens is 244 g/mol. The standard InChI is InChI=1S/C14H20N2O3/c1-18-12-3-2-4-13(9-12)19-8-7-16-14(17)11-5-6-15-10-11/h2-4,9,11,15H,5-8,10H2,1H3,(H,16,17)/t11-/m1/s1. The van der Waals surface area contributed by atoms with Gasteiger partial charge in [-0.2, -0.15) is 0 Å². The van der Waals surface area contributed by atoms with Crippen molar-refractivity contribution in [3.63, 3.8) is 0 Å². The lowest BCUT2D eigenvalue weighted by atomic mass is 10.1. The number of hydrogen-bond acceptors (Lipinski definition) is 4. The molecule has 0 spiro atoms. The number of benzene rings is 1. The highest BCUT2D eigenvalue weighted by Crippen LogP contribution is 2.18. The van der Waals surface area contributed by atoms with Gasteiger partial charge in [-0.15, -0.1) is 0 Å². The van der Waals surface area contributed by atoms with Gasteiger partial charge in [0, 0.05) is 12.6 Å². The summed E-state index contributed by atoms with van der Waals surface area (Å²) in [6.07, 6.45) is 0.919. The van der Waals surface area contributed by atoms with E-state index >= 15 is 0 Å². The summed E-state index contributed by atoms with van der Waals surface area (Å²) in [5.41, 5.74) is 0. The SMILES string of the molecule is COc1cccc(OCCNC(=O)[C@@H]2CCNC2)c1. The van der Waals surface area contributed by atoms with Gasteiger partial charge in [-0.05, 0) is 25.1 Å². The van der Waals surface area contributed by atoms with Crippen LogP contribution in [0.2, 0.25) is 0 Å². The first-order chi connectivity index (χ1) is 9.29. The van der Waals surface area contributed by atoms with Crippen LogP contribution in [-0.2, 0) is 4.79 Å². The van der Waals surface area contributed by atoms with Gasteiger partial charge in [0.25, 0.3) is 0 Å². The Morgan fingerprint density at radius 3 is 3.05 bits per heavy atom. The molecule has 5 heteroatoms. The lowest BCUT2D eigenvalue weighted by Gasteiger charge is -2.11. The lowest BCUT2D eigenvalue weighted by molar-refractivity contribution is -0.124. The van der Waals surface area contributed by atoms with Crippen molar-refractivity contribution in [2.75, 3.05) is 33.4 Å². The van der Waals surface area contributed by atoms with Crippen LogP contribution in [0.3, 0.4) is 0 Å². The Balaban J connectivity index is 1.67. The van der Waals surface area contributed by atoms with Crippen LogP contribution in [0.25, 0.3) is 0 Å². The molecule has 1 amide bonds. The molecule has 1 aromatic carbocycles. The summed E-state index contributed by atoms with van der Waals surface area (Å²) in [4.78, 5) is 11.7. The normalized spacial score (nSPS) is 18.1. The number of nitrogens with one attached hydrogen (secondary N) is 2. The van der Waals surface area contributed by atoms with Crippen molar-refractivity contribution in [3.8, 4) is 11.5 Å². The van der Waals surface area contributed by atoms with E-state index in [1.165, 1.54) is 0 Å². The predicted molar refractivity (Wildman–Crippen MR) is 72.5 cm³/mol. The molecule has 0 radical (unpaired) electrons. The molecule has 0 aliphatic carbocycles. The van der Waals surface area contributed by atoms with Crippen LogP contribution < -0.4 is 20.1 Å². The number of methoxy groups -OCH3 is 1. The number of hydrogen-bond donors (Lipinski definition) is 2. The summed E-state index contributed by atoms with van der Waals surface area (Å²) in [7, 11) is 1.62. The molecule has 0 saturated carbocycles. The Bertz CT molecular complexity index is 417. The van der Waals surface area contributed by atoms with Crippen LogP contribution in [0.15, 0.2) is 24.3 Å². The van der Waals surface area contributed by atoms with Gasteiger partial charge >= 0.3 is 0 Å². The van der Waals surface area contributed by atoms with E-state index in [2.05, 4.69) is 10.6 Å². The average molecular weight is 264 g/mol. The van der Waals surface area contributed by atoms with E-state index in [9.17, 15) is 4.79 Å². The van der Waals surface area contributed by atoms with Crippen molar-refractivity contribution in [1.29, 1.82) is 0 Å². The maximum absolute atomic E-state index is 11.7. The smallest absolute Gasteiger partial charge is 0.224 e. The minimum absolute atomic E-state index is 0.108. The van der Waals surface area contributed by atoms with Gasteiger partial charge in [-0.1, -0.05) is 6.07 Å². The third-order valence-electron chi connectivity index (χ3n) is 3.14. The molecule has 2 rings (SSSR count). The van der Waals surface area contributed by atoms with Gasteiger partial charge < -0.3 is 20.1 Å². The Hall–Kier alpha value is -1.75. The summed E-state index contributed by atoms with van der Waals surface area (Å²) < 4.78 is 10.7. The maximum Gasteiger partial charge on any atom is 0.224 e. The highest BCUT2D eigenvalue weighted by Gasteiger charge is 2.21. The van der Waals surface area contributed by atoms with E-state index in [1.807, 2.05) is 24.3 Å². The number of ether oxygens (including phenoxy) is 2. The average Bonchev–Trinajstić information content (AvgIpc) is 2.98. The molecule has 1 aliphatic heterocycles. The van der Waals surface area contributed by atoms with Crippen molar-refractivity contribution in [1.82, 2.24) is 10.6 Å². The minimum atomic E-state index is 0.108. The largest absolute Gasteiger partial charge is 0.497 e. The summed E-state index contributed by atoms with van der Waals surface area (Å²) in [6.45, 7) is 2.69. The van der Waals surface area contributed by atoms with E-state index < -0.39 is 0 Å². The first-order valence-electron chi connectivity index (χ1n) is 6.55. The van der Waals surface area contributed by atoms with Crippen molar-refractivity contribution in [3.05, 3.63) is 24.3 Å². The molecule has 0 unspecified atom stereocenters. The summed E-state index contributed by atoms with van der Waals surface area (Å²) >= 11 is 0. The molecule has 1 atom stereocenters. The molecule has 1 aliphatic rings. The fraction of sp³-hybridized carbons (Fsp3) is 0.500. The third-order valence-corrected chi connectivity index (χ3v) is 3.14. The monoisotopic (exact) mass is 264 g/mol. The lowest BCUT2D eigenvalue weighted by Crippen LogP contribution is -2.34. The van der Waals surface area contributed by atoms with Crippen molar-refractivity contribution in [2.24, 2.45) is 5.92 Å². The number of rotatable bonds is 6. The molecule has 104 valence electrons. The second kappa shape index (κ2) is 6.99. The second-order valence-corrected chi connectivity index (χ2v) is 4.51. The molecule has 1 heterocycles. The molecule has 1 saturated heterocycles. The number of carbonyl (C=O) groups excluding carboxylic acids is 1. The van der Waals surface area contributed by atoms with Crippen LogP contribution in [-0.4, -0.2) is 39.3 Å². The van der Waals surface area contributed by atoms with Gasteiger partial charge in [0.05, 0.1) is 19.6 Å². The second-order valence-electron chi connectivity index (χ2n) is 4.51. The number of carbonyl (C=O) groups is 1. The molecule has 1 aromatic rings. The molecule has 5 nitrogen and oxygen atoms in total. The third kappa shape index (κ3) is 4.13. The summed E-state index contributed by atoms with van der Waals surface area (Å²) in [5.74, 6) is 1.73. The molecular formula is C14H20N2O3. The molecule has 0 bridgehead atoms. The summed E-state index contributed by atoms with van der Waals surface area (Å²) in [6, 6.07) is 7.42. The number of amides is 1. The maximum atomic E-state index is 11.7. The first-order valence-corrected chi connectivity index (χ1v) is 6.55. The topological polar surface area (TPSA) is 59.6 Å². The zero-order chi connectivity index (χ0) is 13.5. The summed E-state index contributed by atoms with van der Waals surface area (Å²) in [5, 5.41) is 6.06. The molecule has 1 fully saturated rings. The van der Waals surface area contributed by atoms with Crippen LogP contribution in [0.4, 0.5) is 0 Å². The van der Waals surface area contributed by atoms with Gasteiger partial charge in [0.15, 0.2) is 0 Å². The Labute approximate surface area is 113 Å². The fourth-order valence-electron chi connectivity index (χ4n) is 2.06. The van der Waals surface area contributed by atoms with E-state index in [4.69, 9.17) is 9.47 Å². The predicted octanol–water partition coefficient (Wildman–Crippen LogP) is 0.800.